The number of benzene rings is 1. The minimum atomic E-state index is -4.54. The molecule has 11 heteroatoms. The van der Waals surface area contributed by atoms with Gasteiger partial charge in [0.05, 0.1) is 15.0 Å². The molecule has 0 spiro atoms. The van der Waals surface area contributed by atoms with E-state index in [-0.39, 0.29) is 50.9 Å². The van der Waals surface area contributed by atoms with Crippen molar-refractivity contribution in [3.8, 4) is 0 Å². The molecule has 0 N–H and O–H groups in total. The van der Waals surface area contributed by atoms with Crippen molar-refractivity contribution in [2.45, 2.75) is 31.3 Å². The Morgan fingerprint density at radius 3 is 1.88 bits per heavy atom. The average Bonchev–Trinajstić information content (AvgIpc) is 2.68. The zero-order chi connectivity index (χ0) is 17.4. The maximum Gasteiger partial charge on any atom is 1.00 e. The quantitative estimate of drug-likeness (QED) is 0.371. The summed E-state index contributed by atoms with van der Waals surface area (Å²) in [5.74, 6) is -0.505. The predicted molar refractivity (Wildman–Crippen MR) is 92.1 cm³/mol. The fourth-order valence-electron chi connectivity index (χ4n) is 3.12. The second-order valence-corrected chi connectivity index (χ2v) is 10.2. The van der Waals surface area contributed by atoms with E-state index in [1.54, 1.807) is 0 Å². The summed E-state index contributed by atoms with van der Waals surface area (Å²) in [6.45, 7) is 0. The van der Waals surface area contributed by atoms with Crippen LogP contribution >= 0.6 is 69.6 Å². The monoisotopic (exact) mass is 476 g/mol. The van der Waals surface area contributed by atoms with Crippen molar-refractivity contribution < 1.29 is 42.5 Å². The van der Waals surface area contributed by atoms with Crippen molar-refractivity contribution in [1.82, 2.24) is 0 Å². The van der Waals surface area contributed by atoms with Crippen LogP contribution in [0.15, 0.2) is 39.2 Å². The van der Waals surface area contributed by atoms with Crippen LogP contribution in [0.3, 0.4) is 0 Å². The van der Waals surface area contributed by atoms with Crippen molar-refractivity contribution in [1.29, 1.82) is 0 Å². The number of rotatable bonds is 2. The normalized spacial score (nSPS) is 34.4. The van der Waals surface area contributed by atoms with Crippen LogP contribution in [0.25, 0.3) is 0 Å². The van der Waals surface area contributed by atoms with Gasteiger partial charge in [0.1, 0.15) is 19.9 Å². The minimum Gasteiger partial charge on any atom is -0.744 e. The maximum atomic E-state index is 11.0. The van der Waals surface area contributed by atoms with Crippen LogP contribution in [-0.2, 0) is 10.1 Å². The van der Waals surface area contributed by atoms with Crippen molar-refractivity contribution in [3.63, 3.8) is 0 Å². The Balaban J connectivity index is 0.00000208. The van der Waals surface area contributed by atoms with Crippen molar-refractivity contribution in [3.05, 3.63) is 39.9 Å². The Hall–Kier alpha value is 1.61. The molecule has 1 aromatic rings. The van der Waals surface area contributed by atoms with E-state index in [1.807, 2.05) is 0 Å². The fraction of sp³-hybridized carbons (Fsp3) is 0.385. The number of fused-ring (bicyclic) bond motifs is 2. The van der Waals surface area contributed by atoms with Gasteiger partial charge in [0, 0.05) is 5.92 Å². The molecular formula is C13H7Cl6NaO3S. The van der Waals surface area contributed by atoms with Gasteiger partial charge in [0.15, 0.2) is 4.33 Å². The Morgan fingerprint density at radius 2 is 1.50 bits per heavy atom. The molecule has 1 fully saturated rings. The first kappa shape index (κ1) is 21.9. The number of allylic oxidation sites excluding steroid dienone is 2. The largest absolute Gasteiger partial charge is 1.00 e. The molecule has 3 unspecified atom stereocenters. The molecule has 0 saturated heterocycles. The summed E-state index contributed by atoms with van der Waals surface area (Å²) >= 11 is 38.3. The van der Waals surface area contributed by atoms with Gasteiger partial charge in [-0.1, -0.05) is 58.5 Å². The number of hydrogen-bond donors (Lipinski definition) is 0. The van der Waals surface area contributed by atoms with Gasteiger partial charge in [-0.05, 0) is 24.1 Å². The summed E-state index contributed by atoms with van der Waals surface area (Å²) in [7, 11) is -4.54. The smallest absolute Gasteiger partial charge is 0.744 e. The Bertz CT molecular complexity index is 825. The summed E-state index contributed by atoms with van der Waals surface area (Å²) in [5.41, 5.74) is 0.600. The number of hydrogen-bond acceptors (Lipinski definition) is 3. The van der Waals surface area contributed by atoms with E-state index in [4.69, 9.17) is 69.6 Å². The Labute approximate surface area is 191 Å². The van der Waals surface area contributed by atoms with Gasteiger partial charge >= 0.3 is 29.6 Å². The zero-order valence-corrected chi connectivity index (χ0v) is 19.3. The second-order valence-electron chi connectivity index (χ2n) is 5.50. The first-order chi connectivity index (χ1) is 10.4. The second kappa shape index (κ2) is 6.59. The van der Waals surface area contributed by atoms with E-state index in [0.29, 0.717) is 5.56 Å². The predicted octanol–water partition coefficient (Wildman–Crippen LogP) is 1.91. The van der Waals surface area contributed by atoms with Crippen LogP contribution < -0.4 is 29.6 Å². The molecule has 1 aromatic carbocycles. The molecule has 3 nitrogen and oxygen atoms in total. The molecule has 2 aliphatic rings. The van der Waals surface area contributed by atoms with Crippen molar-refractivity contribution >= 4 is 79.7 Å². The van der Waals surface area contributed by atoms with Crippen molar-refractivity contribution in [2.24, 2.45) is 0 Å². The van der Waals surface area contributed by atoms with Gasteiger partial charge in [-0.2, -0.15) is 0 Å². The van der Waals surface area contributed by atoms with Crippen molar-refractivity contribution in [2.75, 3.05) is 0 Å². The third-order valence-electron chi connectivity index (χ3n) is 4.35. The van der Waals surface area contributed by atoms with E-state index < -0.39 is 30.1 Å². The molecule has 1 saturated carbocycles. The van der Waals surface area contributed by atoms with Crippen LogP contribution in [0.5, 0.6) is 0 Å². The molecular weight excluding hydrogens is 472 g/mol. The van der Waals surface area contributed by atoms with Gasteiger partial charge in [0.2, 0.25) is 0 Å². The summed E-state index contributed by atoms with van der Waals surface area (Å²) in [4.78, 5) is -3.14. The topological polar surface area (TPSA) is 57.2 Å². The molecule has 0 heterocycles. The van der Waals surface area contributed by atoms with Gasteiger partial charge < -0.3 is 4.55 Å². The van der Waals surface area contributed by atoms with Crippen LogP contribution in [0.2, 0.25) is 0 Å². The van der Waals surface area contributed by atoms with E-state index >= 15 is 0 Å². The van der Waals surface area contributed by atoms with Gasteiger partial charge in [-0.25, -0.2) is 8.42 Å². The third-order valence-corrected chi connectivity index (χ3v) is 9.48. The molecule has 2 bridgehead atoms. The zero-order valence-electron chi connectivity index (χ0n) is 12.0. The van der Waals surface area contributed by atoms with Crippen LogP contribution in [0.4, 0.5) is 0 Å². The molecule has 0 aromatic heterocycles. The van der Waals surface area contributed by atoms with Crippen LogP contribution in [0.1, 0.15) is 17.9 Å². The molecule has 0 aliphatic heterocycles. The summed E-state index contributed by atoms with van der Waals surface area (Å²) in [5, 5.41) is 0.174. The summed E-state index contributed by atoms with van der Waals surface area (Å²) in [6.07, 6.45) is 0.212. The van der Waals surface area contributed by atoms with Gasteiger partial charge in [-0.15, -0.1) is 23.2 Å². The fourth-order valence-corrected chi connectivity index (χ4v) is 6.39. The molecule has 24 heavy (non-hydrogen) atoms. The maximum absolute atomic E-state index is 11.0. The van der Waals surface area contributed by atoms with E-state index in [2.05, 4.69) is 0 Å². The van der Waals surface area contributed by atoms with Crippen LogP contribution in [0, 0.1) is 0 Å². The van der Waals surface area contributed by atoms with E-state index in [1.165, 1.54) is 24.3 Å². The number of halogens is 6. The molecule has 3 atom stereocenters. The summed E-state index contributed by atoms with van der Waals surface area (Å²) < 4.78 is 31.4. The first-order valence-electron chi connectivity index (χ1n) is 6.25. The van der Waals surface area contributed by atoms with Gasteiger partial charge in [0.25, 0.3) is 0 Å². The van der Waals surface area contributed by atoms with Gasteiger partial charge in [-0.3, -0.25) is 0 Å². The van der Waals surface area contributed by atoms with Crippen LogP contribution in [-0.4, -0.2) is 27.1 Å². The first-order valence-corrected chi connectivity index (χ1v) is 9.92. The summed E-state index contributed by atoms with van der Waals surface area (Å²) in [6, 6.07) is 5.30. The molecule has 3 rings (SSSR count). The Kier molecular flexibility index (Phi) is 6.02. The van der Waals surface area contributed by atoms with E-state index in [0.717, 1.165) is 0 Å². The number of alkyl halides is 4. The molecule has 126 valence electrons. The van der Waals surface area contributed by atoms with E-state index in [9.17, 15) is 13.0 Å². The minimum absolute atomic E-state index is 0. The SMILES string of the molecule is O=S(=O)([O-])c1ccc(C2CC3(Cl)C(Cl)=C(Cl)C2(Cl)C3(Cl)Cl)cc1.[Na+]. The average molecular weight is 479 g/mol. The standard InChI is InChI=1S/C13H8Cl6O3S.Na/c14-9-10(15)12(17)8(5-11(9,16)13(12,18)19)6-1-3-7(4-2-6)23(20,21)22;/h1-4,8H,5H2,(H,20,21,22);/q;+1/p-1. The molecule has 2 aliphatic carbocycles. The Morgan fingerprint density at radius 1 is 1.00 bits per heavy atom. The third kappa shape index (κ3) is 2.72. The molecule has 0 radical (unpaired) electrons. The molecule has 0 amide bonds.